The Hall–Kier alpha value is -2.37. The SMILES string of the molecule is Cc1ccc(CN2CCN(C(=O)[C@@H]3CC(=O)OC34CCCC4)CC2=O)cc1. The molecule has 3 aliphatic rings. The lowest BCUT2D eigenvalue weighted by molar-refractivity contribution is -0.155. The number of amides is 2. The van der Waals surface area contributed by atoms with E-state index in [1.807, 2.05) is 31.2 Å². The summed E-state index contributed by atoms with van der Waals surface area (Å²) in [6, 6.07) is 8.15. The standard InChI is InChI=1S/C21H26N2O4/c1-15-4-6-16(7-5-15)13-22-10-11-23(14-18(22)24)20(26)17-12-19(25)27-21(17)8-2-3-9-21/h4-7,17H,2-3,8-14H2,1H3/t17-/m0/s1. The fourth-order valence-electron chi connectivity index (χ4n) is 4.63. The molecule has 1 aromatic carbocycles. The van der Waals surface area contributed by atoms with Crippen LogP contribution in [0.1, 0.15) is 43.2 Å². The summed E-state index contributed by atoms with van der Waals surface area (Å²) >= 11 is 0. The van der Waals surface area contributed by atoms with Gasteiger partial charge in [0.2, 0.25) is 11.8 Å². The average molecular weight is 370 g/mol. The first-order valence-corrected chi connectivity index (χ1v) is 9.81. The Morgan fingerprint density at radius 3 is 2.52 bits per heavy atom. The molecule has 0 N–H and O–H groups in total. The van der Waals surface area contributed by atoms with E-state index in [1.54, 1.807) is 9.80 Å². The lowest BCUT2D eigenvalue weighted by Crippen LogP contribution is -2.55. The fourth-order valence-corrected chi connectivity index (χ4v) is 4.63. The average Bonchev–Trinajstić information content (AvgIpc) is 3.24. The van der Waals surface area contributed by atoms with E-state index in [4.69, 9.17) is 4.74 Å². The van der Waals surface area contributed by atoms with Crippen LogP contribution in [0.3, 0.4) is 0 Å². The van der Waals surface area contributed by atoms with Crippen LogP contribution in [-0.4, -0.2) is 52.8 Å². The smallest absolute Gasteiger partial charge is 0.307 e. The molecule has 2 saturated heterocycles. The van der Waals surface area contributed by atoms with Crippen LogP contribution < -0.4 is 0 Å². The second-order valence-electron chi connectivity index (χ2n) is 8.06. The summed E-state index contributed by atoms with van der Waals surface area (Å²) in [5.41, 5.74) is 1.67. The number of ether oxygens (including phenoxy) is 1. The molecular weight excluding hydrogens is 344 g/mol. The second kappa shape index (κ2) is 6.98. The topological polar surface area (TPSA) is 66.9 Å². The van der Waals surface area contributed by atoms with Gasteiger partial charge in [0, 0.05) is 19.6 Å². The number of benzene rings is 1. The van der Waals surface area contributed by atoms with Crippen molar-refractivity contribution in [3.05, 3.63) is 35.4 Å². The minimum Gasteiger partial charge on any atom is -0.458 e. The number of carbonyl (C=O) groups is 3. The zero-order chi connectivity index (χ0) is 19.0. The molecule has 1 spiro atoms. The van der Waals surface area contributed by atoms with Crippen LogP contribution in [0.25, 0.3) is 0 Å². The van der Waals surface area contributed by atoms with Crippen molar-refractivity contribution >= 4 is 17.8 Å². The highest BCUT2D eigenvalue weighted by molar-refractivity contribution is 5.91. The van der Waals surface area contributed by atoms with Crippen molar-refractivity contribution in [2.75, 3.05) is 19.6 Å². The molecule has 0 unspecified atom stereocenters. The highest BCUT2D eigenvalue weighted by Gasteiger charge is 2.55. The molecule has 0 aromatic heterocycles. The predicted octanol–water partition coefficient (Wildman–Crippen LogP) is 2.04. The number of hydrogen-bond donors (Lipinski definition) is 0. The van der Waals surface area contributed by atoms with Gasteiger partial charge in [-0.15, -0.1) is 0 Å². The molecular formula is C21H26N2O4. The van der Waals surface area contributed by atoms with E-state index in [0.29, 0.717) is 19.6 Å². The summed E-state index contributed by atoms with van der Waals surface area (Å²) in [6.45, 7) is 3.72. The number of esters is 1. The van der Waals surface area contributed by atoms with Gasteiger partial charge in [-0.1, -0.05) is 29.8 Å². The Bertz CT molecular complexity index is 752. The summed E-state index contributed by atoms with van der Waals surface area (Å²) in [7, 11) is 0. The Morgan fingerprint density at radius 1 is 1.15 bits per heavy atom. The van der Waals surface area contributed by atoms with Crippen molar-refractivity contribution in [3.8, 4) is 0 Å². The molecule has 6 nitrogen and oxygen atoms in total. The number of nitrogens with zero attached hydrogens (tertiary/aromatic N) is 2. The van der Waals surface area contributed by atoms with E-state index < -0.39 is 11.5 Å². The molecule has 0 radical (unpaired) electrons. The Labute approximate surface area is 159 Å². The quantitative estimate of drug-likeness (QED) is 0.764. The number of hydrogen-bond acceptors (Lipinski definition) is 4. The van der Waals surface area contributed by atoms with E-state index in [1.165, 1.54) is 5.56 Å². The van der Waals surface area contributed by atoms with Crippen molar-refractivity contribution in [1.29, 1.82) is 0 Å². The highest BCUT2D eigenvalue weighted by atomic mass is 16.6. The predicted molar refractivity (Wildman–Crippen MR) is 98.6 cm³/mol. The molecule has 1 aliphatic carbocycles. The number of piperazine rings is 1. The first-order valence-electron chi connectivity index (χ1n) is 9.81. The van der Waals surface area contributed by atoms with Crippen molar-refractivity contribution in [1.82, 2.24) is 9.80 Å². The first-order chi connectivity index (χ1) is 13.0. The maximum atomic E-state index is 13.1. The third-order valence-corrected chi connectivity index (χ3v) is 6.20. The minimum atomic E-state index is -0.615. The van der Waals surface area contributed by atoms with Crippen LogP contribution in [0.15, 0.2) is 24.3 Å². The van der Waals surface area contributed by atoms with Crippen molar-refractivity contribution < 1.29 is 19.1 Å². The van der Waals surface area contributed by atoms with E-state index in [-0.39, 0.29) is 30.7 Å². The lowest BCUT2D eigenvalue weighted by atomic mass is 9.84. The van der Waals surface area contributed by atoms with E-state index in [9.17, 15) is 14.4 Å². The fraction of sp³-hybridized carbons (Fsp3) is 0.571. The Morgan fingerprint density at radius 2 is 1.85 bits per heavy atom. The van der Waals surface area contributed by atoms with Gasteiger partial charge in [-0.25, -0.2) is 0 Å². The van der Waals surface area contributed by atoms with Crippen LogP contribution in [0, 0.1) is 12.8 Å². The second-order valence-corrected chi connectivity index (χ2v) is 8.06. The largest absolute Gasteiger partial charge is 0.458 e. The number of carbonyl (C=O) groups excluding carboxylic acids is 3. The first kappa shape index (κ1) is 18.0. The highest BCUT2D eigenvalue weighted by Crippen LogP contribution is 2.46. The van der Waals surface area contributed by atoms with Gasteiger partial charge in [0.1, 0.15) is 5.60 Å². The van der Waals surface area contributed by atoms with Gasteiger partial charge in [0.15, 0.2) is 0 Å². The monoisotopic (exact) mass is 370 g/mol. The maximum Gasteiger partial charge on any atom is 0.307 e. The van der Waals surface area contributed by atoms with Gasteiger partial charge in [-0.3, -0.25) is 14.4 Å². The molecule has 1 atom stereocenters. The van der Waals surface area contributed by atoms with Crippen molar-refractivity contribution in [3.63, 3.8) is 0 Å². The number of aryl methyl sites for hydroxylation is 1. The molecule has 1 saturated carbocycles. The van der Waals surface area contributed by atoms with Gasteiger partial charge in [-0.2, -0.15) is 0 Å². The van der Waals surface area contributed by atoms with E-state index in [2.05, 4.69) is 0 Å². The van der Waals surface area contributed by atoms with Gasteiger partial charge < -0.3 is 14.5 Å². The molecule has 1 aromatic rings. The van der Waals surface area contributed by atoms with Crippen molar-refractivity contribution in [2.24, 2.45) is 5.92 Å². The van der Waals surface area contributed by atoms with Crippen LogP contribution in [-0.2, 0) is 25.7 Å². The molecule has 144 valence electrons. The minimum absolute atomic E-state index is 0.0408. The van der Waals surface area contributed by atoms with Gasteiger partial charge in [0.25, 0.3) is 0 Å². The van der Waals surface area contributed by atoms with Crippen molar-refractivity contribution in [2.45, 2.75) is 51.2 Å². The molecule has 4 rings (SSSR count). The third kappa shape index (κ3) is 3.45. The summed E-state index contributed by atoms with van der Waals surface area (Å²) in [5.74, 6) is -0.837. The van der Waals surface area contributed by atoms with Crippen LogP contribution in [0.2, 0.25) is 0 Å². The zero-order valence-electron chi connectivity index (χ0n) is 15.8. The Balaban J connectivity index is 1.40. The molecule has 6 heteroatoms. The molecule has 2 aliphatic heterocycles. The number of rotatable bonds is 3. The summed E-state index contributed by atoms with van der Waals surface area (Å²) in [4.78, 5) is 41.0. The zero-order valence-corrected chi connectivity index (χ0v) is 15.8. The molecule has 27 heavy (non-hydrogen) atoms. The third-order valence-electron chi connectivity index (χ3n) is 6.20. The summed E-state index contributed by atoms with van der Waals surface area (Å²) in [5, 5.41) is 0. The van der Waals surface area contributed by atoms with Crippen LogP contribution in [0.5, 0.6) is 0 Å². The van der Waals surface area contributed by atoms with Gasteiger partial charge in [-0.05, 0) is 38.2 Å². The Kier molecular flexibility index (Phi) is 4.66. The molecule has 2 heterocycles. The van der Waals surface area contributed by atoms with Gasteiger partial charge >= 0.3 is 5.97 Å². The normalized spacial score (nSPS) is 24.6. The molecule has 3 fully saturated rings. The van der Waals surface area contributed by atoms with Crippen LogP contribution >= 0.6 is 0 Å². The summed E-state index contributed by atoms with van der Waals surface area (Å²) in [6.07, 6.45) is 3.64. The maximum absolute atomic E-state index is 13.1. The molecule has 0 bridgehead atoms. The van der Waals surface area contributed by atoms with Gasteiger partial charge in [0.05, 0.1) is 18.9 Å². The van der Waals surface area contributed by atoms with E-state index >= 15 is 0 Å². The lowest BCUT2D eigenvalue weighted by Gasteiger charge is -2.37. The van der Waals surface area contributed by atoms with E-state index in [0.717, 1.165) is 31.2 Å². The summed E-state index contributed by atoms with van der Waals surface area (Å²) < 4.78 is 5.59. The van der Waals surface area contributed by atoms with Crippen LogP contribution in [0.4, 0.5) is 0 Å². The molecule has 2 amide bonds.